The molecule has 0 bridgehead atoms. The average Bonchev–Trinajstić information content (AvgIpc) is 3.42. The van der Waals surface area contributed by atoms with Crippen LogP contribution in [0, 0.1) is 11.3 Å². The number of hydrogen-bond donors (Lipinski definition) is 2. The Bertz CT molecular complexity index is 1620. The lowest BCUT2D eigenvalue weighted by Gasteiger charge is -2.29. The molecule has 3 heterocycles. The fourth-order valence-corrected chi connectivity index (χ4v) is 4.88. The van der Waals surface area contributed by atoms with E-state index in [4.69, 9.17) is 14.8 Å². The second-order valence-corrected chi connectivity index (χ2v) is 9.04. The quantitative estimate of drug-likeness (QED) is 0.364. The number of benzene rings is 3. The molecule has 8 heteroatoms. The number of nitrogens with zero attached hydrogens (tertiary/aromatic N) is 5. The second kappa shape index (κ2) is 9.80. The van der Waals surface area contributed by atoms with Gasteiger partial charge in [-0.15, -0.1) is 5.10 Å². The van der Waals surface area contributed by atoms with Gasteiger partial charge in [-0.25, -0.2) is 9.50 Å². The molecule has 0 aliphatic carbocycles. The Kier molecular flexibility index (Phi) is 6.05. The van der Waals surface area contributed by atoms with Gasteiger partial charge in [-0.3, -0.25) is 0 Å². The van der Waals surface area contributed by atoms with Crippen molar-refractivity contribution in [3.8, 4) is 23.2 Å². The fourth-order valence-electron chi connectivity index (χ4n) is 4.88. The average molecular weight is 490 g/mol. The minimum Gasteiger partial charge on any atom is -0.497 e. The van der Waals surface area contributed by atoms with Crippen LogP contribution in [-0.4, -0.2) is 47.9 Å². The third-order valence-corrected chi connectivity index (χ3v) is 6.79. The van der Waals surface area contributed by atoms with Gasteiger partial charge in [0, 0.05) is 49.4 Å². The van der Waals surface area contributed by atoms with Crippen molar-refractivity contribution in [3.63, 3.8) is 0 Å². The van der Waals surface area contributed by atoms with Crippen molar-refractivity contribution in [2.24, 2.45) is 0 Å². The molecule has 6 rings (SSSR count). The van der Waals surface area contributed by atoms with E-state index in [1.165, 1.54) is 0 Å². The van der Waals surface area contributed by atoms with Crippen LogP contribution in [0.3, 0.4) is 0 Å². The van der Waals surface area contributed by atoms with Gasteiger partial charge in [-0.1, -0.05) is 42.5 Å². The molecule has 1 saturated heterocycles. The van der Waals surface area contributed by atoms with Gasteiger partial charge in [0.15, 0.2) is 11.5 Å². The van der Waals surface area contributed by atoms with Crippen molar-refractivity contribution in [1.82, 2.24) is 19.9 Å². The van der Waals surface area contributed by atoms with Crippen LogP contribution in [-0.2, 0) is 6.54 Å². The maximum atomic E-state index is 10.3. The van der Waals surface area contributed by atoms with Crippen molar-refractivity contribution in [1.29, 1.82) is 5.26 Å². The van der Waals surface area contributed by atoms with E-state index in [1.54, 1.807) is 11.6 Å². The van der Waals surface area contributed by atoms with Crippen molar-refractivity contribution in [3.05, 3.63) is 83.9 Å². The molecule has 1 aliphatic heterocycles. The van der Waals surface area contributed by atoms with Gasteiger partial charge in [0.1, 0.15) is 17.4 Å². The zero-order valence-electron chi connectivity index (χ0n) is 20.6. The number of ether oxygens (including phenoxy) is 1. The summed E-state index contributed by atoms with van der Waals surface area (Å²) < 4.78 is 7.19. The number of rotatable bonds is 6. The molecule has 2 N–H and O–H groups in total. The van der Waals surface area contributed by atoms with E-state index in [2.05, 4.69) is 51.9 Å². The topological polar surface area (TPSA) is 90.5 Å². The molecular weight excluding hydrogens is 462 g/mol. The fraction of sp³-hybridized carbons (Fsp3) is 0.207. The summed E-state index contributed by atoms with van der Waals surface area (Å²) in [6.45, 7) is 4.37. The molecule has 5 aromatic rings. The van der Waals surface area contributed by atoms with Gasteiger partial charge in [-0.05, 0) is 35.9 Å². The Hall–Kier alpha value is -4.61. The van der Waals surface area contributed by atoms with E-state index in [1.807, 2.05) is 42.5 Å². The molecule has 0 unspecified atom stereocenters. The molecular formula is C29H27N7O. The van der Waals surface area contributed by atoms with Crippen LogP contribution < -0.4 is 20.3 Å². The van der Waals surface area contributed by atoms with Crippen LogP contribution >= 0.6 is 0 Å². The summed E-state index contributed by atoms with van der Waals surface area (Å²) in [6.07, 6.45) is 0. The molecule has 0 radical (unpaired) electrons. The number of piperazine rings is 1. The molecule has 2 aromatic heterocycles. The molecule has 0 atom stereocenters. The molecule has 0 saturated carbocycles. The summed E-state index contributed by atoms with van der Waals surface area (Å²) >= 11 is 0. The van der Waals surface area contributed by atoms with Gasteiger partial charge >= 0.3 is 0 Å². The standard InChI is InChI=1S/C29H27N7O/c1-37-23-9-5-8-21(16-23)28-33-29-25(18-30)27(32-19-20-6-3-2-4-7-20)24-17-22(35-14-12-31-13-15-35)10-11-26(24)36(29)34-28/h2-11,16-17,31-32H,12-15,19H2,1H3. The number of aromatic nitrogens is 3. The summed E-state index contributed by atoms with van der Waals surface area (Å²) in [4.78, 5) is 7.19. The van der Waals surface area contributed by atoms with Gasteiger partial charge < -0.3 is 20.3 Å². The van der Waals surface area contributed by atoms with Crippen LogP contribution in [0.4, 0.5) is 11.4 Å². The van der Waals surface area contributed by atoms with E-state index in [9.17, 15) is 5.26 Å². The van der Waals surface area contributed by atoms with Crippen LogP contribution in [0.5, 0.6) is 5.75 Å². The number of methoxy groups -OCH3 is 1. The predicted molar refractivity (Wildman–Crippen MR) is 146 cm³/mol. The zero-order chi connectivity index (χ0) is 25.2. The predicted octanol–water partition coefficient (Wildman–Crippen LogP) is 4.45. The Morgan fingerprint density at radius 1 is 1.03 bits per heavy atom. The normalized spacial score (nSPS) is 13.6. The number of nitrogens with one attached hydrogen (secondary N) is 2. The molecule has 184 valence electrons. The number of pyridine rings is 1. The maximum Gasteiger partial charge on any atom is 0.182 e. The first kappa shape index (κ1) is 22.8. The Morgan fingerprint density at radius 2 is 1.86 bits per heavy atom. The first-order valence-corrected chi connectivity index (χ1v) is 12.4. The number of fused-ring (bicyclic) bond motifs is 3. The summed E-state index contributed by atoms with van der Waals surface area (Å²) in [5.41, 5.74) is 5.77. The lowest BCUT2D eigenvalue weighted by molar-refractivity contribution is 0.415. The van der Waals surface area contributed by atoms with Crippen LogP contribution in [0.2, 0.25) is 0 Å². The Morgan fingerprint density at radius 3 is 2.65 bits per heavy atom. The summed E-state index contributed by atoms with van der Waals surface area (Å²) in [5.74, 6) is 1.27. The third kappa shape index (κ3) is 4.30. The zero-order valence-corrected chi connectivity index (χ0v) is 20.6. The second-order valence-electron chi connectivity index (χ2n) is 9.04. The maximum absolute atomic E-state index is 10.3. The molecule has 1 aliphatic rings. The van der Waals surface area contributed by atoms with E-state index in [-0.39, 0.29) is 0 Å². The minimum atomic E-state index is 0.475. The first-order chi connectivity index (χ1) is 18.2. The third-order valence-electron chi connectivity index (χ3n) is 6.79. The molecule has 8 nitrogen and oxygen atoms in total. The number of anilines is 2. The van der Waals surface area contributed by atoms with Gasteiger partial charge in [0.2, 0.25) is 0 Å². The van der Waals surface area contributed by atoms with Gasteiger partial charge in [0.05, 0.1) is 18.3 Å². The van der Waals surface area contributed by atoms with Gasteiger partial charge in [-0.2, -0.15) is 5.26 Å². The number of nitriles is 1. The van der Waals surface area contributed by atoms with Crippen molar-refractivity contribution in [2.45, 2.75) is 6.54 Å². The monoisotopic (exact) mass is 489 g/mol. The van der Waals surface area contributed by atoms with Crippen LogP contribution in [0.25, 0.3) is 27.9 Å². The van der Waals surface area contributed by atoms with E-state index >= 15 is 0 Å². The highest BCUT2D eigenvalue weighted by atomic mass is 16.5. The Labute approximate surface area is 215 Å². The molecule has 37 heavy (non-hydrogen) atoms. The molecule has 0 spiro atoms. The smallest absolute Gasteiger partial charge is 0.182 e. The molecule has 0 amide bonds. The lowest BCUT2D eigenvalue weighted by Crippen LogP contribution is -2.43. The van der Waals surface area contributed by atoms with Crippen LogP contribution in [0.1, 0.15) is 11.1 Å². The summed E-state index contributed by atoms with van der Waals surface area (Å²) in [7, 11) is 1.64. The lowest BCUT2D eigenvalue weighted by atomic mass is 10.1. The summed E-state index contributed by atoms with van der Waals surface area (Å²) in [5, 5.41) is 23.1. The van der Waals surface area contributed by atoms with E-state index < -0.39 is 0 Å². The van der Waals surface area contributed by atoms with Crippen molar-refractivity contribution < 1.29 is 4.74 Å². The first-order valence-electron chi connectivity index (χ1n) is 12.4. The van der Waals surface area contributed by atoms with E-state index in [0.29, 0.717) is 23.6 Å². The summed E-state index contributed by atoms with van der Waals surface area (Å²) in [6, 6.07) is 26.6. The van der Waals surface area contributed by atoms with Crippen molar-refractivity contribution in [2.75, 3.05) is 43.5 Å². The highest BCUT2D eigenvalue weighted by Crippen LogP contribution is 2.35. The Balaban J connectivity index is 1.55. The van der Waals surface area contributed by atoms with Crippen molar-refractivity contribution >= 4 is 27.9 Å². The molecule has 3 aromatic carbocycles. The highest BCUT2D eigenvalue weighted by Gasteiger charge is 2.21. The highest BCUT2D eigenvalue weighted by molar-refractivity contribution is 6.00. The largest absolute Gasteiger partial charge is 0.497 e. The number of hydrogen-bond acceptors (Lipinski definition) is 7. The van der Waals surface area contributed by atoms with E-state index in [0.717, 1.165) is 65.3 Å². The minimum absolute atomic E-state index is 0.475. The SMILES string of the molecule is COc1cccc(-c2nc3c(C#N)c(NCc4ccccc4)c4cc(N5CCNCC5)ccc4n3n2)c1. The van der Waals surface area contributed by atoms with Crippen LogP contribution in [0.15, 0.2) is 72.8 Å². The van der Waals surface area contributed by atoms with Gasteiger partial charge in [0.25, 0.3) is 0 Å². The molecule has 1 fully saturated rings.